The summed E-state index contributed by atoms with van der Waals surface area (Å²) in [7, 11) is 0. The molecule has 0 spiro atoms. The van der Waals surface area contributed by atoms with Crippen molar-refractivity contribution in [2.75, 3.05) is 19.6 Å². The van der Waals surface area contributed by atoms with Crippen LogP contribution in [0, 0.1) is 0 Å². The monoisotopic (exact) mass is 326 g/mol. The van der Waals surface area contributed by atoms with Crippen LogP contribution in [0.5, 0.6) is 0 Å². The summed E-state index contributed by atoms with van der Waals surface area (Å²) in [4.78, 5) is 8.51. The van der Waals surface area contributed by atoms with Crippen LogP contribution in [0.4, 0.5) is 13.2 Å². The van der Waals surface area contributed by atoms with Gasteiger partial charge in [-0.3, -0.25) is 0 Å². The lowest BCUT2D eigenvalue weighted by atomic mass is 9.95. The van der Waals surface area contributed by atoms with E-state index in [2.05, 4.69) is 14.9 Å². The van der Waals surface area contributed by atoms with E-state index in [9.17, 15) is 13.2 Å². The van der Waals surface area contributed by atoms with Crippen LogP contribution in [0.2, 0.25) is 0 Å². The molecule has 1 aromatic rings. The SMILES string of the molecule is CC(C)(N)CN1CCCC(c2ncc(C(F)(F)F)[nH]2)C1.Cl. The molecule has 2 rings (SSSR count). The van der Waals surface area contributed by atoms with Crippen LogP contribution >= 0.6 is 12.4 Å². The molecule has 0 aliphatic carbocycles. The van der Waals surface area contributed by atoms with Crippen molar-refractivity contribution >= 4 is 12.4 Å². The molecule has 3 N–H and O–H groups in total. The molecular weight excluding hydrogens is 305 g/mol. The molecule has 0 amide bonds. The van der Waals surface area contributed by atoms with Gasteiger partial charge in [-0.05, 0) is 33.2 Å². The lowest BCUT2D eigenvalue weighted by molar-refractivity contribution is -0.141. The smallest absolute Gasteiger partial charge is 0.338 e. The second kappa shape index (κ2) is 6.54. The molecule has 1 aliphatic rings. The molecule has 2 heterocycles. The normalized spacial score (nSPS) is 21.1. The average Bonchev–Trinajstić information content (AvgIpc) is 2.75. The number of aromatic nitrogens is 2. The van der Waals surface area contributed by atoms with E-state index < -0.39 is 11.9 Å². The Labute approximate surface area is 128 Å². The van der Waals surface area contributed by atoms with Crippen LogP contribution in [-0.4, -0.2) is 40.0 Å². The van der Waals surface area contributed by atoms with Gasteiger partial charge in [0.15, 0.2) is 0 Å². The predicted octanol–water partition coefficient (Wildman–Crippen LogP) is 2.77. The first-order chi connectivity index (χ1) is 9.15. The lowest BCUT2D eigenvalue weighted by Gasteiger charge is -2.35. The Balaban J connectivity index is 0.00000220. The Morgan fingerprint density at radius 1 is 1.43 bits per heavy atom. The highest BCUT2D eigenvalue weighted by Gasteiger charge is 2.34. The maximum absolute atomic E-state index is 12.6. The third-order valence-electron chi connectivity index (χ3n) is 3.42. The first-order valence-corrected chi connectivity index (χ1v) is 6.78. The lowest BCUT2D eigenvalue weighted by Crippen LogP contribution is -2.48. The first kappa shape index (κ1) is 18.3. The van der Waals surface area contributed by atoms with Gasteiger partial charge in [0.2, 0.25) is 0 Å². The second-order valence-corrected chi connectivity index (χ2v) is 6.24. The highest BCUT2D eigenvalue weighted by atomic mass is 35.5. The zero-order chi connectivity index (χ0) is 15.0. The molecule has 0 radical (unpaired) electrons. The predicted molar refractivity (Wildman–Crippen MR) is 77.5 cm³/mol. The Kier molecular flexibility index (Phi) is 5.69. The Hall–Kier alpha value is -0.790. The standard InChI is InChI=1S/C13H21F3N4.ClH/c1-12(2,17)8-20-5-3-4-9(7-20)11-18-6-10(19-11)13(14,15)16;/h6,9H,3-5,7-8,17H2,1-2H3,(H,18,19);1H. The summed E-state index contributed by atoms with van der Waals surface area (Å²) in [6, 6.07) is 0. The summed E-state index contributed by atoms with van der Waals surface area (Å²) in [6.45, 7) is 6.27. The van der Waals surface area contributed by atoms with E-state index in [1.807, 2.05) is 13.8 Å². The Bertz CT molecular complexity index is 453. The third-order valence-corrected chi connectivity index (χ3v) is 3.42. The van der Waals surface area contributed by atoms with Gasteiger partial charge >= 0.3 is 6.18 Å². The van der Waals surface area contributed by atoms with Gasteiger partial charge in [0.05, 0.1) is 6.20 Å². The Morgan fingerprint density at radius 3 is 2.62 bits per heavy atom. The maximum Gasteiger partial charge on any atom is 0.432 e. The van der Waals surface area contributed by atoms with E-state index in [-0.39, 0.29) is 23.9 Å². The van der Waals surface area contributed by atoms with Gasteiger partial charge in [-0.25, -0.2) is 4.98 Å². The number of nitrogens with zero attached hydrogens (tertiary/aromatic N) is 2. The molecule has 1 aromatic heterocycles. The minimum absolute atomic E-state index is 0. The number of H-pyrrole nitrogens is 1. The number of alkyl halides is 3. The second-order valence-electron chi connectivity index (χ2n) is 6.24. The zero-order valence-electron chi connectivity index (χ0n) is 12.2. The van der Waals surface area contributed by atoms with Crippen LogP contribution in [0.1, 0.15) is 44.1 Å². The molecule has 0 bridgehead atoms. The summed E-state index contributed by atoms with van der Waals surface area (Å²) in [5.74, 6) is 0.444. The topological polar surface area (TPSA) is 57.9 Å². The van der Waals surface area contributed by atoms with E-state index in [1.165, 1.54) is 0 Å². The quantitative estimate of drug-likeness (QED) is 0.898. The number of aromatic amines is 1. The van der Waals surface area contributed by atoms with Crippen molar-refractivity contribution in [2.24, 2.45) is 5.73 Å². The molecule has 0 aromatic carbocycles. The number of hydrogen-bond donors (Lipinski definition) is 2. The summed E-state index contributed by atoms with van der Waals surface area (Å²) >= 11 is 0. The fourth-order valence-corrected chi connectivity index (χ4v) is 2.69. The first-order valence-electron chi connectivity index (χ1n) is 6.78. The number of rotatable bonds is 3. The van der Waals surface area contributed by atoms with E-state index in [4.69, 9.17) is 5.73 Å². The minimum atomic E-state index is -4.36. The number of hydrogen-bond acceptors (Lipinski definition) is 3. The van der Waals surface area contributed by atoms with Gasteiger partial charge in [-0.15, -0.1) is 12.4 Å². The third kappa shape index (κ3) is 5.16. The van der Waals surface area contributed by atoms with Gasteiger partial charge < -0.3 is 15.6 Å². The van der Waals surface area contributed by atoms with Crippen molar-refractivity contribution in [1.82, 2.24) is 14.9 Å². The van der Waals surface area contributed by atoms with Crippen molar-refractivity contribution < 1.29 is 13.2 Å². The van der Waals surface area contributed by atoms with E-state index >= 15 is 0 Å². The number of nitrogens with one attached hydrogen (secondary N) is 1. The number of imidazole rings is 1. The fourth-order valence-electron chi connectivity index (χ4n) is 2.69. The van der Waals surface area contributed by atoms with Gasteiger partial charge in [-0.2, -0.15) is 13.2 Å². The zero-order valence-corrected chi connectivity index (χ0v) is 13.0. The van der Waals surface area contributed by atoms with Crippen molar-refractivity contribution in [3.05, 3.63) is 17.7 Å². The highest BCUT2D eigenvalue weighted by Crippen LogP contribution is 2.31. The van der Waals surface area contributed by atoms with Crippen molar-refractivity contribution in [3.8, 4) is 0 Å². The van der Waals surface area contributed by atoms with Crippen LogP contribution in [0.25, 0.3) is 0 Å². The van der Waals surface area contributed by atoms with Gasteiger partial charge in [-0.1, -0.05) is 0 Å². The maximum atomic E-state index is 12.6. The van der Waals surface area contributed by atoms with E-state index in [1.54, 1.807) is 0 Å². The van der Waals surface area contributed by atoms with Crippen LogP contribution in [0.15, 0.2) is 6.20 Å². The number of likely N-dealkylation sites (tertiary alicyclic amines) is 1. The molecule has 4 nitrogen and oxygen atoms in total. The Morgan fingerprint density at radius 2 is 2.10 bits per heavy atom. The number of nitrogens with two attached hydrogens (primary N) is 1. The van der Waals surface area contributed by atoms with Crippen molar-refractivity contribution in [1.29, 1.82) is 0 Å². The van der Waals surface area contributed by atoms with Crippen molar-refractivity contribution in [3.63, 3.8) is 0 Å². The molecule has 1 aliphatic heterocycles. The van der Waals surface area contributed by atoms with Gasteiger partial charge in [0.25, 0.3) is 0 Å². The summed E-state index contributed by atoms with van der Waals surface area (Å²) < 4.78 is 37.7. The fraction of sp³-hybridized carbons (Fsp3) is 0.769. The van der Waals surface area contributed by atoms with Crippen LogP contribution in [0.3, 0.4) is 0 Å². The molecule has 8 heteroatoms. The summed E-state index contributed by atoms with van der Waals surface area (Å²) in [5, 5.41) is 0. The van der Waals surface area contributed by atoms with E-state index in [0.29, 0.717) is 12.4 Å². The van der Waals surface area contributed by atoms with Gasteiger partial charge in [0.1, 0.15) is 11.5 Å². The molecule has 1 fully saturated rings. The molecule has 1 saturated heterocycles. The molecular formula is C13H22ClF3N4. The molecule has 122 valence electrons. The minimum Gasteiger partial charge on any atom is -0.338 e. The van der Waals surface area contributed by atoms with Gasteiger partial charge in [0, 0.05) is 24.5 Å². The van der Waals surface area contributed by atoms with Crippen molar-refractivity contribution in [2.45, 2.75) is 44.3 Å². The molecule has 1 unspecified atom stereocenters. The molecule has 0 saturated carbocycles. The summed E-state index contributed by atoms with van der Waals surface area (Å²) in [5.41, 5.74) is 4.92. The van der Waals surface area contributed by atoms with E-state index in [0.717, 1.165) is 32.1 Å². The average molecular weight is 327 g/mol. The molecule has 21 heavy (non-hydrogen) atoms. The number of halogens is 4. The largest absolute Gasteiger partial charge is 0.432 e. The number of piperidine rings is 1. The van der Waals surface area contributed by atoms with Crippen LogP contribution in [-0.2, 0) is 6.18 Å². The summed E-state index contributed by atoms with van der Waals surface area (Å²) in [6.07, 6.45) is -1.69. The molecule has 1 atom stereocenters. The highest BCUT2D eigenvalue weighted by molar-refractivity contribution is 5.85. The van der Waals surface area contributed by atoms with Crippen LogP contribution < -0.4 is 5.73 Å².